The molecule has 6 heteroatoms. The molecule has 0 aromatic heterocycles. The lowest BCUT2D eigenvalue weighted by molar-refractivity contribution is -0.151. The lowest BCUT2D eigenvalue weighted by Crippen LogP contribution is -2.44. The number of amides is 1. The zero-order valence-electron chi connectivity index (χ0n) is 12.5. The van der Waals surface area contributed by atoms with Gasteiger partial charge < -0.3 is 19.7 Å². The predicted molar refractivity (Wildman–Crippen MR) is 75.3 cm³/mol. The number of nitrogens with one attached hydrogen (secondary N) is 1. The first-order valence-corrected chi connectivity index (χ1v) is 7.33. The Balaban J connectivity index is 2.17. The van der Waals surface area contributed by atoms with Crippen molar-refractivity contribution in [1.82, 2.24) is 10.2 Å². The van der Waals surface area contributed by atoms with Crippen molar-refractivity contribution in [3.63, 3.8) is 0 Å². The largest absolute Gasteiger partial charge is 0.466 e. The number of hydrogen-bond acceptors (Lipinski definition) is 5. The van der Waals surface area contributed by atoms with Gasteiger partial charge in [0.1, 0.15) is 0 Å². The summed E-state index contributed by atoms with van der Waals surface area (Å²) in [6, 6.07) is 0. The maximum Gasteiger partial charge on any atom is 0.309 e. The molecule has 0 radical (unpaired) electrons. The molecule has 1 heterocycles. The maximum atomic E-state index is 11.9. The first kappa shape index (κ1) is 16.9. The summed E-state index contributed by atoms with van der Waals surface area (Å²) in [5, 5.41) is 3.11. The topological polar surface area (TPSA) is 67.9 Å². The summed E-state index contributed by atoms with van der Waals surface area (Å²) < 4.78 is 9.95. The van der Waals surface area contributed by atoms with Crippen LogP contribution in [0.5, 0.6) is 0 Å². The fourth-order valence-electron chi connectivity index (χ4n) is 2.27. The van der Waals surface area contributed by atoms with Crippen LogP contribution in [0.4, 0.5) is 0 Å². The fraction of sp³-hybridized carbons (Fsp3) is 0.857. The second-order valence-electron chi connectivity index (χ2n) is 4.93. The second kappa shape index (κ2) is 9.72. The van der Waals surface area contributed by atoms with Gasteiger partial charge in [-0.15, -0.1) is 0 Å². The van der Waals surface area contributed by atoms with Gasteiger partial charge >= 0.3 is 5.97 Å². The van der Waals surface area contributed by atoms with Gasteiger partial charge in [0, 0.05) is 26.8 Å². The smallest absolute Gasteiger partial charge is 0.309 e. The minimum atomic E-state index is -0.128. The third-order valence-corrected chi connectivity index (χ3v) is 3.45. The standard InChI is InChI=1S/C14H26N2O4/c1-3-20-14(18)12-5-8-16(9-6-12)13(17)11-15-7-4-10-19-2/h12,15H,3-11H2,1-2H3. The predicted octanol–water partition coefficient (Wildman–Crippen LogP) is 0.414. The van der Waals surface area contributed by atoms with E-state index in [1.54, 1.807) is 7.11 Å². The SMILES string of the molecule is CCOC(=O)C1CCN(C(=O)CNCCCOC)CC1. The average molecular weight is 286 g/mol. The van der Waals surface area contributed by atoms with E-state index in [0.717, 1.165) is 13.0 Å². The molecular weight excluding hydrogens is 260 g/mol. The number of rotatable bonds is 8. The van der Waals surface area contributed by atoms with Crippen LogP contribution >= 0.6 is 0 Å². The molecule has 0 aromatic rings. The molecule has 1 saturated heterocycles. The zero-order valence-corrected chi connectivity index (χ0v) is 12.5. The van der Waals surface area contributed by atoms with Crippen LogP contribution < -0.4 is 5.32 Å². The normalized spacial score (nSPS) is 16.2. The van der Waals surface area contributed by atoms with Crippen molar-refractivity contribution in [2.45, 2.75) is 26.2 Å². The Labute approximate surface area is 120 Å². The van der Waals surface area contributed by atoms with Gasteiger partial charge in [-0.25, -0.2) is 0 Å². The van der Waals surface area contributed by atoms with Crippen LogP contribution in [0, 0.1) is 5.92 Å². The van der Waals surface area contributed by atoms with Gasteiger partial charge in [-0.2, -0.15) is 0 Å². The van der Waals surface area contributed by atoms with Gasteiger partial charge in [0.25, 0.3) is 0 Å². The third kappa shape index (κ3) is 5.88. The fourth-order valence-corrected chi connectivity index (χ4v) is 2.27. The molecule has 0 atom stereocenters. The number of methoxy groups -OCH3 is 1. The van der Waals surface area contributed by atoms with Crippen molar-refractivity contribution in [2.24, 2.45) is 5.92 Å². The average Bonchev–Trinajstić information content (AvgIpc) is 2.47. The third-order valence-electron chi connectivity index (χ3n) is 3.45. The van der Waals surface area contributed by atoms with Crippen molar-refractivity contribution in [2.75, 3.05) is 46.5 Å². The van der Waals surface area contributed by atoms with E-state index in [1.807, 2.05) is 11.8 Å². The minimum absolute atomic E-state index is 0.0475. The van der Waals surface area contributed by atoms with E-state index in [1.165, 1.54) is 0 Å². The molecule has 1 fully saturated rings. The highest BCUT2D eigenvalue weighted by Crippen LogP contribution is 2.18. The van der Waals surface area contributed by atoms with E-state index < -0.39 is 0 Å². The zero-order chi connectivity index (χ0) is 14.8. The van der Waals surface area contributed by atoms with Gasteiger partial charge in [0.15, 0.2) is 0 Å². The van der Waals surface area contributed by atoms with Crippen molar-refractivity contribution < 1.29 is 19.1 Å². The van der Waals surface area contributed by atoms with Gasteiger partial charge in [-0.05, 0) is 32.7 Å². The van der Waals surface area contributed by atoms with E-state index in [2.05, 4.69) is 5.32 Å². The summed E-state index contributed by atoms with van der Waals surface area (Å²) in [4.78, 5) is 25.4. The van der Waals surface area contributed by atoms with E-state index >= 15 is 0 Å². The summed E-state index contributed by atoms with van der Waals surface area (Å²) in [5.41, 5.74) is 0. The number of ether oxygens (including phenoxy) is 2. The lowest BCUT2D eigenvalue weighted by atomic mass is 9.97. The molecule has 20 heavy (non-hydrogen) atoms. The number of piperidine rings is 1. The summed E-state index contributed by atoms with van der Waals surface area (Å²) in [5.74, 6) is -0.0734. The van der Waals surface area contributed by atoms with Crippen LogP contribution in [0.15, 0.2) is 0 Å². The Kier molecular flexibility index (Phi) is 8.22. The van der Waals surface area contributed by atoms with Crippen LogP contribution in [0.2, 0.25) is 0 Å². The quantitative estimate of drug-likeness (QED) is 0.517. The van der Waals surface area contributed by atoms with Crippen molar-refractivity contribution >= 4 is 11.9 Å². The molecule has 0 aliphatic carbocycles. The Bertz CT molecular complexity index is 302. The summed E-state index contributed by atoms with van der Waals surface area (Å²) >= 11 is 0. The molecule has 6 nitrogen and oxygen atoms in total. The van der Waals surface area contributed by atoms with Gasteiger partial charge in [-0.3, -0.25) is 9.59 Å². The highest BCUT2D eigenvalue weighted by Gasteiger charge is 2.27. The second-order valence-corrected chi connectivity index (χ2v) is 4.93. The number of esters is 1. The maximum absolute atomic E-state index is 11.9. The molecule has 0 saturated carbocycles. The van der Waals surface area contributed by atoms with Crippen molar-refractivity contribution in [1.29, 1.82) is 0 Å². The molecule has 0 bridgehead atoms. The van der Waals surface area contributed by atoms with E-state index in [0.29, 0.717) is 45.7 Å². The van der Waals surface area contributed by atoms with Crippen LogP contribution in [0.25, 0.3) is 0 Å². The van der Waals surface area contributed by atoms with Crippen LogP contribution in [-0.4, -0.2) is 63.3 Å². The molecule has 1 N–H and O–H groups in total. The molecule has 1 aliphatic rings. The molecule has 1 aliphatic heterocycles. The molecule has 0 unspecified atom stereocenters. The molecule has 0 aromatic carbocycles. The summed E-state index contributed by atoms with van der Waals surface area (Å²) in [6.45, 7) is 5.35. The Morgan fingerprint density at radius 1 is 1.30 bits per heavy atom. The van der Waals surface area contributed by atoms with Gasteiger partial charge in [0.2, 0.25) is 5.91 Å². The Morgan fingerprint density at radius 2 is 2.00 bits per heavy atom. The van der Waals surface area contributed by atoms with Gasteiger partial charge in [0.05, 0.1) is 19.1 Å². The number of carbonyl (C=O) groups excluding carboxylic acids is 2. The highest BCUT2D eigenvalue weighted by atomic mass is 16.5. The summed E-state index contributed by atoms with van der Waals surface area (Å²) in [6.07, 6.45) is 2.30. The molecule has 1 amide bonds. The first-order valence-electron chi connectivity index (χ1n) is 7.33. The van der Waals surface area contributed by atoms with Gasteiger partial charge in [-0.1, -0.05) is 0 Å². The molecular formula is C14H26N2O4. The van der Waals surface area contributed by atoms with E-state index in [4.69, 9.17) is 9.47 Å². The number of carbonyl (C=O) groups is 2. The number of hydrogen-bond donors (Lipinski definition) is 1. The molecule has 116 valence electrons. The van der Waals surface area contributed by atoms with E-state index in [-0.39, 0.29) is 17.8 Å². The number of likely N-dealkylation sites (tertiary alicyclic amines) is 1. The monoisotopic (exact) mass is 286 g/mol. The number of nitrogens with zero attached hydrogens (tertiary/aromatic N) is 1. The van der Waals surface area contributed by atoms with Crippen LogP contribution in [-0.2, 0) is 19.1 Å². The lowest BCUT2D eigenvalue weighted by Gasteiger charge is -2.31. The van der Waals surface area contributed by atoms with Crippen molar-refractivity contribution in [3.8, 4) is 0 Å². The Hall–Kier alpha value is -1.14. The van der Waals surface area contributed by atoms with Crippen LogP contribution in [0.3, 0.4) is 0 Å². The van der Waals surface area contributed by atoms with Crippen molar-refractivity contribution in [3.05, 3.63) is 0 Å². The molecule has 0 spiro atoms. The Morgan fingerprint density at radius 3 is 2.60 bits per heavy atom. The van der Waals surface area contributed by atoms with E-state index in [9.17, 15) is 9.59 Å². The first-order chi connectivity index (χ1) is 9.69. The minimum Gasteiger partial charge on any atom is -0.466 e. The highest BCUT2D eigenvalue weighted by molar-refractivity contribution is 5.79. The van der Waals surface area contributed by atoms with Crippen LogP contribution in [0.1, 0.15) is 26.2 Å². The summed E-state index contributed by atoms with van der Waals surface area (Å²) in [7, 11) is 1.67. The molecule has 1 rings (SSSR count).